The van der Waals surface area contributed by atoms with Gasteiger partial charge in [-0.15, -0.1) is 0 Å². The first kappa shape index (κ1) is 7.85. The van der Waals surface area contributed by atoms with Gasteiger partial charge in [0.05, 0.1) is 23.3 Å². The lowest BCUT2D eigenvalue weighted by atomic mass is 10.1. The molecular formula is C8H13N3. The molecule has 4 N–H and O–H groups in total. The molecule has 0 aliphatic rings. The van der Waals surface area contributed by atoms with Gasteiger partial charge in [-0.3, -0.25) is 4.98 Å². The minimum absolute atomic E-state index is 0.666. The third kappa shape index (κ3) is 1.27. The van der Waals surface area contributed by atoms with Crippen LogP contribution in [-0.2, 0) is 6.42 Å². The van der Waals surface area contributed by atoms with Crippen LogP contribution in [0.3, 0.4) is 0 Å². The molecule has 3 heteroatoms. The Morgan fingerprint density at radius 2 is 2.09 bits per heavy atom. The maximum absolute atomic E-state index is 5.75. The first-order valence-corrected chi connectivity index (χ1v) is 3.66. The number of aromatic nitrogens is 1. The molecule has 3 nitrogen and oxygen atoms in total. The third-order valence-corrected chi connectivity index (χ3v) is 1.84. The van der Waals surface area contributed by atoms with Gasteiger partial charge >= 0.3 is 0 Å². The van der Waals surface area contributed by atoms with Gasteiger partial charge in [0, 0.05) is 0 Å². The molecule has 0 aliphatic heterocycles. The fourth-order valence-electron chi connectivity index (χ4n) is 0.968. The van der Waals surface area contributed by atoms with Crippen molar-refractivity contribution < 1.29 is 0 Å². The van der Waals surface area contributed by atoms with Crippen LogP contribution in [0.1, 0.15) is 18.2 Å². The summed E-state index contributed by atoms with van der Waals surface area (Å²) in [6.07, 6.45) is 2.51. The van der Waals surface area contributed by atoms with E-state index in [4.69, 9.17) is 11.5 Å². The summed E-state index contributed by atoms with van der Waals surface area (Å²) >= 11 is 0. The molecule has 0 unspecified atom stereocenters. The number of rotatable bonds is 1. The first-order chi connectivity index (χ1) is 5.16. The van der Waals surface area contributed by atoms with Crippen molar-refractivity contribution in [1.82, 2.24) is 4.98 Å². The highest BCUT2D eigenvalue weighted by Gasteiger charge is 2.03. The van der Waals surface area contributed by atoms with Gasteiger partial charge in [0.15, 0.2) is 0 Å². The van der Waals surface area contributed by atoms with Crippen molar-refractivity contribution in [2.45, 2.75) is 20.3 Å². The summed E-state index contributed by atoms with van der Waals surface area (Å²) in [7, 11) is 0. The lowest BCUT2D eigenvalue weighted by molar-refractivity contribution is 1.04. The van der Waals surface area contributed by atoms with Crippen molar-refractivity contribution in [3.8, 4) is 0 Å². The minimum Gasteiger partial charge on any atom is -0.397 e. The van der Waals surface area contributed by atoms with E-state index in [9.17, 15) is 0 Å². The molecule has 0 atom stereocenters. The van der Waals surface area contributed by atoms with Crippen LogP contribution in [0.15, 0.2) is 6.20 Å². The van der Waals surface area contributed by atoms with E-state index >= 15 is 0 Å². The molecule has 1 aromatic rings. The molecule has 0 amide bonds. The summed E-state index contributed by atoms with van der Waals surface area (Å²) in [5.74, 6) is 0. The van der Waals surface area contributed by atoms with E-state index in [-0.39, 0.29) is 0 Å². The predicted molar refractivity (Wildman–Crippen MR) is 47.2 cm³/mol. The van der Waals surface area contributed by atoms with Crippen LogP contribution in [-0.4, -0.2) is 4.98 Å². The van der Waals surface area contributed by atoms with E-state index in [1.807, 2.05) is 13.8 Å². The van der Waals surface area contributed by atoms with Gasteiger partial charge in [0.1, 0.15) is 0 Å². The van der Waals surface area contributed by atoms with Gasteiger partial charge in [0.25, 0.3) is 0 Å². The van der Waals surface area contributed by atoms with Crippen LogP contribution >= 0.6 is 0 Å². The standard InChI is InChI=1S/C8H13N3/c1-3-7-8(10)5(2)6(9)4-11-7/h4H,3,9-10H2,1-2H3. The van der Waals surface area contributed by atoms with Crippen LogP contribution in [0, 0.1) is 6.92 Å². The van der Waals surface area contributed by atoms with Crippen LogP contribution in [0.4, 0.5) is 11.4 Å². The topological polar surface area (TPSA) is 64.9 Å². The molecular weight excluding hydrogens is 138 g/mol. The van der Waals surface area contributed by atoms with Crippen LogP contribution < -0.4 is 11.5 Å². The molecule has 0 radical (unpaired) electrons. The number of nitrogen functional groups attached to an aromatic ring is 2. The second kappa shape index (κ2) is 2.78. The van der Waals surface area contributed by atoms with Crippen LogP contribution in [0.2, 0.25) is 0 Å². The van der Waals surface area contributed by atoms with E-state index in [0.29, 0.717) is 5.69 Å². The van der Waals surface area contributed by atoms with Gasteiger partial charge < -0.3 is 11.5 Å². The summed E-state index contributed by atoms with van der Waals surface area (Å²) in [6.45, 7) is 3.93. The maximum atomic E-state index is 5.75. The van der Waals surface area contributed by atoms with Crippen molar-refractivity contribution in [2.75, 3.05) is 11.5 Å². The normalized spacial score (nSPS) is 10.0. The summed E-state index contributed by atoms with van der Waals surface area (Å²) in [4.78, 5) is 4.11. The van der Waals surface area contributed by atoms with Gasteiger partial charge in [-0.05, 0) is 18.9 Å². The zero-order valence-electron chi connectivity index (χ0n) is 6.89. The van der Waals surface area contributed by atoms with E-state index in [0.717, 1.165) is 23.4 Å². The van der Waals surface area contributed by atoms with E-state index in [2.05, 4.69) is 4.98 Å². The molecule has 0 aliphatic carbocycles. The van der Waals surface area contributed by atoms with Crippen LogP contribution in [0.5, 0.6) is 0 Å². The Labute approximate surface area is 66.4 Å². The molecule has 1 aromatic heterocycles. The monoisotopic (exact) mass is 151 g/mol. The Kier molecular flexibility index (Phi) is 1.98. The van der Waals surface area contributed by atoms with E-state index in [1.165, 1.54) is 0 Å². The quantitative estimate of drug-likeness (QED) is 0.632. The van der Waals surface area contributed by atoms with E-state index in [1.54, 1.807) is 6.20 Å². The Morgan fingerprint density at radius 1 is 1.45 bits per heavy atom. The Hall–Kier alpha value is -1.25. The summed E-state index contributed by atoms with van der Waals surface area (Å²) in [5, 5.41) is 0. The Morgan fingerprint density at radius 3 is 2.64 bits per heavy atom. The maximum Gasteiger partial charge on any atom is 0.0634 e. The molecule has 1 heterocycles. The second-order valence-corrected chi connectivity index (χ2v) is 2.55. The van der Waals surface area contributed by atoms with E-state index < -0.39 is 0 Å². The van der Waals surface area contributed by atoms with Crippen molar-refractivity contribution in [3.63, 3.8) is 0 Å². The third-order valence-electron chi connectivity index (χ3n) is 1.84. The average molecular weight is 151 g/mol. The largest absolute Gasteiger partial charge is 0.397 e. The lowest BCUT2D eigenvalue weighted by Gasteiger charge is -2.06. The lowest BCUT2D eigenvalue weighted by Crippen LogP contribution is -2.02. The molecule has 0 fully saturated rings. The summed E-state index contributed by atoms with van der Waals surface area (Å²) < 4.78 is 0. The summed E-state index contributed by atoms with van der Waals surface area (Å²) in [5.41, 5.74) is 14.6. The molecule has 11 heavy (non-hydrogen) atoms. The molecule has 60 valence electrons. The molecule has 0 bridgehead atoms. The number of hydrogen-bond acceptors (Lipinski definition) is 3. The highest BCUT2D eigenvalue weighted by Crippen LogP contribution is 2.19. The average Bonchev–Trinajstić information content (AvgIpc) is 2.01. The number of pyridine rings is 1. The zero-order chi connectivity index (χ0) is 8.43. The smallest absolute Gasteiger partial charge is 0.0634 e. The first-order valence-electron chi connectivity index (χ1n) is 3.66. The van der Waals surface area contributed by atoms with Gasteiger partial charge in [-0.1, -0.05) is 6.92 Å². The van der Waals surface area contributed by atoms with Crippen molar-refractivity contribution in [1.29, 1.82) is 0 Å². The van der Waals surface area contributed by atoms with Crippen molar-refractivity contribution in [3.05, 3.63) is 17.5 Å². The SMILES string of the molecule is CCc1ncc(N)c(C)c1N. The second-order valence-electron chi connectivity index (χ2n) is 2.55. The molecule has 0 saturated heterocycles. The molecule has 1 rings (SSSR count). The fraction of sp³-hybridized carbons (Fsp3) is 0.375. The Bertz CT molecular complexity index is 268. The Balaban J connectivity index is 3.25. The molecule has 0 spiro atoms. The van der Waals surface area contributed by atoms with Crippen molar-refractivity contribution >= 4 is 11.4 Å². The molecule has 0 aromatic carbocycles. The zero-order valence-corrected chi connectivity index (χ0v) is 6.89. The number of anilines is 2. The number of aryl methyl sites for hydroxylation is 1. The van der Waals surface area contributed by atoms with Crippen molar-refractivity contribution in [2.24, 2.45) is 0 Å². The number of nitrogens with zero attached hydrogens (tertiary/aromatic N) is 1. The van der Waals surface area contributed by atoms with Gasteiger partial charge in [-0.2, -0.15) is 0 Å². The number of hydrogen-bond donors (Lipinski definition) is 2. The van der Waals surface area contributed by atoms with Gasteiger partial charge in [0.2, 0.25) is 0 Å². The van der Waals surface area contributed by atoms with Crippen LogP contribution in [0.25, 0.3) is 0 Å². The highest BCUT2D eigenvalue weighted by atomic mass is 14.8. The number of nitrogens with two attached hydrogens (primary N) is 2. The highest BCUT2D eigenvalue weighted by molar-refractivity contribution is 5.61. The minimum atomic E-state index is 0.666. The predicted octanol–water partition coefficient (Wildman–Crippen LogP) is 1.12. The van der Waals surface area contributed by atoms with Gasteiger partial charge in [-0.25, -0.2) is 0 Å². The fourth-order valence-corrected chi connectivity index (χ4v) is 0.968. The summed E-state index contributed by atoms with van der Waals surface area (Å²) in [6, 6.07) is 0. The molecule has 0 saturated carbocycles.